The van der Waals surface area contributed by atoms with Gasteiger partial charge in [-0.1, -0.05) is 24.3 Å². The molecule has 4 aromatic rings. The van der Waals surface area contributed by atoms with E-state index in [1.165, 1.54) is 21.5 Å². The van der Waals surface area contributed by atoms with Crippen molar-refractivity contribution in [3.63, 3.8) is 0 Å². The van der Waals surface area contributed by atoms with Crippen LogP contribution in [0.3, 0.4) is 0 Å². The highest BCUT2D eigenvalue weighted by molar-refractivity contribution is 7.71. The molecule has 86 valence electrons. The molecule has 4 rings (SSSR count). The first-order valence-corrected chi connectivity index (χ1v) is 6.16. The number of hydrogen-bond acceptors (Lipinski definition) is 2. The minimum Gasteiger partial charge on any atom is -0.429 e. The van der Waals surface area contributed by atoms with Gasteiger partial charge in [-0.2, -0.15) is 0 Å². The van der Waals surface area contributed by atoms with Crippen molar-refractivity contribution in [3.05, 3.63) is 53.4 Å². The molecule has 3 aromatic carbocycles. The molecule has 18 heavy (non-hydrogen) atoms. The number of aromatic amines is 1. The van der Waals surface area contributed by atoms with Crippen molar-refractivity contribution in [2.24, 2.45) is 0 Å². The van der Waals surface area contributed by atoms with Gasteiger partial charge in [-0.05, 0) is 58.0 Å². The number of fused-ring (bicyclic) bond motifs is 3. The van der Waals surface area contributed by atoms with E-state index in [2.05, 4.69) is 47.4 Å². The summed E-state index contributed by atoms with van der Waals surface area (Å²) in [6.45, 7) is 0. The Hall–Kier alpha value is -2.13. The van der Waals surface area contributed by atoms with Gasteiger partial charge in [0.1, 0.15) is 0 Å². The van der Waals surface area contributed by atoms with Crippen LogP contribution in [0.15, 0.2) is 52.9 Å². The average Bonchev–Trinajstić information content (AvgIpc) is 2.72. The van der Waals surface area contributed by atoms with Crippen molar-refractivity contribution in [1.82, 2.24) is 4.98 Å². The second kappa shape index (κ2) is 3.43. The third-order valence-corrected chi connectivity index (χ3v) is 3.43. The van der Waals surface area contributed by atoms with Gasteiger partial charge in [-0.3, -0.25) is 0 Å². The Bertz CT molecular complexity index is 874. The van der Waals surface area contributed by atoms with Gasteiger partial charge in [0, 0.05) is 0 Å². The molecule has 0 aliphatic heterocycles. The topological polar surface area (TPSA) is 28.9 Å². The van der Waals surface area contributed by atoms with E-state index in [1.807, 2.05) is 6.07 Å². The van der Waals surface area contributed by atoms with Crippen molar-refractivity contribution in [3.8, 4) is 0 Å². The zero-order valence-corrected chi connectivity index (χ0v) is 10.3. The zero-order chi connectivity index (χ0) is 12.1. The molecular weight excluding hydrogens is 242 g/mol. The van der Waals surface area contributed by atoms with Crippen molar-refractivity contribution in [1.29, 1.82) is 0 Å². The second-order valence-electron chi connectivity index (χ2n) is 4.41. The maximum Gasteiger partial charge on any atom is 0.266 e. The first-order chi connectivity index (χ1) is 8.79. The molecule has 0 radical (unpaired) electrons. The molecule has 0 fully saturated rings. The van der Waals surface area contributed by atoms with Crippen LogP contribution in [0.1, 0.15) is 0 Å². The molecule has 0 amide bonds. The van der Waals surface area contributed by atoms with Crippen LogP contribution in [0.5, 0.6) is 0 Å². The Morgan fingerprint density at radius 1 is 0.833 bits per heavy atom. The summed E-state index contributed by atoms with van der Waals surface area (Å²) in [6, 6.07) is 16.8. The van der Waals surface area contributed by atoms with Gasteiger partial charge in [0.2, 0.25) is 0 Å². The lowest BCUT2D eigenvalue weighted by Crippen LogP contribution is -1.77. The number of H-pyrrole nitrogens is 1. The third kappa shape index (κ3) is 1.38. The van der Waals surface area contributed by atoms with Crippen LogP contribution in [0.25, 0.3) is 32.6 Å². The largest absolute Gasteiger partial charge is 0.429 e. The molecule has 2 nitrogen and oxygen atoms in total. The molecule has 1 N–H and O–H groups in total. The Morgan fingerprint density at radius 2 is 1.50 bits per heavy atom. The Labute approximate surface area is 108 Å². The maximum absolute atomic E-state index is 5.45. The number of aromatic nitrogens is 1. The third-order valence-electron chi connectivity index (χ3n) is 3.24. The summed E-state index contributed by atoms with van der Waals surface area (Å²) in [6.07, 6.45) is 0. The average molecular weight is 251 g/mol. The minimum absolute atomic E-state index is 0.421. The van der Waals surface area contributed by atoms with Crippen molar-refractivity contribution in [2.45, 2.75) is 0 Å². The molecule has 0 saturated heterocycles. The summed E-state index contributed by atoms with van der Waals surface area (Å²) >= 11 is 5.01. The van der Waals surface area contributed by atoms with Crippen LogP contribution in [0, 0.1) is 4.84 Å². The van der Waals surface area contributed by atoms with Crippen molar-refractivity contribution in [2.75, 3.05) is 0 Å². The lowest BCUT2D eigenvalue weighted by atomic mass is 10.0. The van der Waals surface area contributed by atoms with E-state index < -0.39 is 0 Å². The first-order valence-electron chi connectivity index (χ1n) is 5.75. The fourth-order valence-electron chi connectivity index (χ4n) is 2.39. The maximum atomic E-state index is 5.45. The molecule has 0 unspecified atom stereocenters. The van der Waals surface area contributed by atoms with Gasteiger partial charge in [0.05, 0.1) is 5.52 Å². The van der Waals surface area contributed by atoms with Gasteiger partial charge in [-0.25, -0.2) is 0 Å². The molecule has 1 aromatic heterocycles. The van der Waals surface area contributed by atoms with Crippen LogP contribution >= 0.6 is 12.2 Å². The lowest BCUT2D eigenvalue weighted by molar-refractivity contribution is 0.583. The van der Waals surface area contributed by atoms with E-state index in [0.717, 1.165) is 11.1 Å². The van der Waals surface area contributed by atoms with Gasteiger partial charge >= 0.3 is 0 Å². The molecule has 1 heterocycles. The van der Waals surface area contributed by atoms with Crippen LogP contribution in [0.2, 0.25) is 0 Å². The summed E-state index contributed by atoms with van der Waals surface area (Å²) in [4.78, 5) is 3.47. The first kappa shape index (κ1) is 9.85. The highest BCUT2D eigenvalue weighted by Crippen LogP contribution is 2.26. The predicted octanol–water partition coefficient (Wildman–Crippen LogP) is 4.80. The van der Waals surface area contributed by atoms with E-state index in [-0.39, 0.29) is 0 Å². The van der Waals surface area contributed by atoms with Gasteiger partial charge < -0.3 is 9.40 Å². The molecule has 0 saturated carbocycles. The molecule has 0 aliphatic carbocycles. The summed E-state index contributed by atoms with van der Waals surface area (Å²) in [5, 5.41) is 4.83. The minimum atomic E-state index is 0.421. The highest BCUT2D eigenvalue weighted by Gasteiger charge is 2.03. The van der Waals surface area contributed by atoms with E-state index in [1.54, 1.807) is 0 Å². The Morgan fingerprint density at radius 3 is 2.22 bits per heavy atom. The number of oxazole rings is 1. The quantitative estimate of drug-likeness (QED) is 0.359. The zero-order valence-electron chi connectivity index (χ0n) is 9.44. The molecule has 0 atom stereocenters. The van der Waals surface area contributed by atoms with Crippen LogP contribution in [-0.2, 0) is 0 Å². The SMILES string of the molecule is S=c1[nH]c2cc3cc4ccccc4cc3cc2o1. The van der Waals surface area contributed by atoms with E-state index >= 15 is 0 Å². The van der Waals surface area contributed by atoms with Crippen LogP contribution in [0.4, 0.5) is 0 Å². The van der Waals surface area contributed by atoms with Crippen LogP contribution < -0.4 is 0 Å². The van der Waals surface area contributed by atoms with Crippen molar-refractivity contribution < 1.29 is 4.42 Å². The number of rotatable bonds is 0. The fraction of sp³-hybridized carbons (Fsp3) is 0. The predicted molar refractivity (Wildman–Crippen MR) is 76.4 cm³/mol. The molecular formula is C15H9NOS. The fourth-order valence-corrected chi connectivity index (χ4v) is 2.59. The monoisotopic (exact) mass is 251 g/mol. The number of hydrogen-bond donors (Lipinski definition) is 1. The smallest absolute Gasteiger partial charge is 0.266 e. The Balaban J connectivity index is 2.22. The standard InChI is InChI=1S/C15H9NOS/c18-15-16-13-7-11-5-9-3-1-2-4-10(9)6-12(11)8-14(13)17-15/h1-8H,(H,16,18). The van der Waals surface area contributed by atoms with Gasteiger partial charge in [0.15, 0.2) is 5.58 Å². The second-order valence-corrected chi connectivity index (χ2v) is 4.78. The van der Waals surface area contributed by atoms with Gasteiger partial charge in [0.25, 0.3) is 4.84 Å². The number of benzene rings is 3. The lowest BCUT2D eigenvalue weighted by Gasteiger charge is -2.01. The summed E-state index contributed by atoms with van der Waals surface area (Å²) in [7, 11) is 0. The van der Waals surface area contributed by atoms with E-state index in [9.17, 15) is 0 Å². The Kier molecular flexibility index (Phi) is 1.88. The normalized spacial score (nSPS) is 11.6. The number of nitrogens with one attached hydrogen (secondary N) is 1. The summed E-state index contributed by atoms with van der Waals surface area (Å²) < 4.78 is 5.45. The van der Waals surface area contributed by atoms with Gasteiger partial charge in [-0.15, -0.1) is 0 Å². The molecule has 0 aliphatic rings. The van der Waals surface area contributed by atoms with Crippen LogP contribution in [-0.4, -0.2) is 4.98 Å². The molecule has 0 spiro atoms. The summed E-state index contributed by atoms with van der Waals surface area (Å²) in [5.41, 5.74) is 1.76. The highest BCUT2D eigenvalue weighted by atomic mass is 32.1. The summed E-state index contributed by atoms with van der Waals surface area (Å²) in [5.74, 6) is 0. The molecule has 3 heteroatoms. The van der Waals surface area contributed by atoms with E-state index in [4.69, 9.17) is 16.6 Å². The van der Waals surface area contributed by atoms with E-state index in [0.29, 0.717) is 4.84 Å². The van der Waals surface area contributed by atoms with Crippen molar-refractivity contribution >= 4 is 44.9 Å². The molecule has 0 bridgehead atoms.